The minimum absolute atomic E-state index is 0.300. The van der Waals surface area contributed by atoms with Gasteiger partial charge in [0.15, 0.2) is 11.2 Å². The van der Waals surface area contributed by atoms with Crippen molar-refractivity contribution in [3.05, 3.63) is 80.8 Å². The standard InChI is InChI=1S/C28H32N8O2/c1-4-7-9-14-23-29-26-24(27(37)35(6-3)28(38)34(26)5-2)36(23)18-19-15-16-21(20-12-10-8-11-13-20)22(17-19)25-30-32-33-31-25/h8,10-13,15-17H,4-7,9,14,18H2,1-3H3,(H,30,31,32,33). The highest BCUT2D eigenvalue weighted by atomic mass is 16.2. The van der Waals surface area contributed by atoms with Crippen LogP contribution in [0.4, 0.5) is 0 Å². The summed E-state index contributed by atoms with van der Waals surface area (Å²) in [5.41, 5.74) is 4.15. The Hall–Kier alpha value is -4.34. The monoisotopic (exact) mass is 512 g/mol. The number of unbranched alkanes of at least 4 members (excludes halogenated alkanes) is 2. The lowest BCUT2D eigenvalue weighted by Gasteiger charge is -2.13. The quantitative estimate of drug-likeness (QED) is 0.283. The number of hydrogen-bond acceptors (Lipinski definition) is 6. The average Bonchev–Trinajstić information content (AvgIpc) is 3.59. The van der Waals surface area contributed by atoms with Gasteiger partial charge >= 0.3 is 5.69 Å². The Labute approximate surface area is 220 Å². The Bertz CT molecular complexity index is 1660. The molecule has 3 heterocycles. The fourth-order valence-corrected chi connectivity index (χ4v) is 5.00. The van der Waals surface area contributed by atoms with Crippen LogP contribution in [0.3, 0.4) is 0 Å². The molecule has 0 bridgehead atoms. The number of benzene rings is 2. The van der Waals surface area contributed by atoms with Crippen LogP contribution in [0.1, 0.15) is 51.4 Å². The van der Waals surface area contributed by atoms with Crippen molar-refractivity contribution in [2.45, 2.75) is 66.1 Å². The molecular formula is C28H32N8O2. The average molecular weight is 513 g/mol. The molecule has 10 nitrogen and oxygen atoms in total. The highest BCUT2D eigenvalue weighted by Gasteiger charge is 2.21. The van der Waals surface area contributed by atoms with Gasteiger partial charge < -0.3 is 4.57 Å². The van der Waals surface area contributed by atoms with Crippen LogP contribution in [0.5, 0.6) is 0 Å². The molecule has 3 aromatic heterocycles. The van der Waals surface area contributed by atoms with E-state index in [1.165, 1.54) is 4.57 Å². The fourth-order valence-electron chi connectivity index (χ4n) is 5.00. The molecule has 0 atom stereocenters. The minimum Gasteiger partial charge on any atom is -0.318 e. The van der Waals surface area contributed by atoms with E-state index in [0.29, 0.717) is 36.6 Å². The smallest absolute Gasteiger partial charge is 0.318 e. The maximum Gasteiger partial charge on any atom is 0.332 e. The summed E-state index contributed by atoms with van der Waals surface area (Å²) in [6, 6.07) is 16.2. The van der Waals surface area contributed by atoms with Gasteiger partial charge in [0.25, 0.3) is 5.56 Å². The second kappa shape index (κ2) is 11.0. The summed E-state index contributed by atoms with van der Waals surface area (Å²) >= 11 is 0. The highest BCUT2D eigenvalue weighted by Crippen LogP contribution is 2.31. The van der Waals surface area contributed by atoms with Gasteiger partial charge in [0.1, 0.15) is 5.82 Å². The van der Waals surface area contributed by atoms with E-state index in [1.807, 2.05) is 54.8 Å². The van der Waals surface area contributed by atoms with Crippen LogP contribution in [0.15, 0.2) is 58.1 Å². The maximum atomic E-state index is 13.6. The van der Waals surface area contributed by atoms with Crippen molar-refractivity contribution >= 4 is 11.2 Å². The van der Waals surface area contributed by atoms with Crippen molar-refractivity contribution in [1.82, 2.24) is 39.3 Å². The third-order valence-electron chi connectivity index (χ3n) is 6.93. The predicted molar refractivity (Wildman–Crippen MR) is 147 cm³/mol. The molecule has 0 fully saturated rings. The first-order valence-corrected chi connectivity index (χ1v) is 13.2. The molecule has 10 heteroatoms. The van der Waals surface area contributed by atoms with Gasteiger partial charge in [-0.1, -0.05) is 62.2 Å². The summed E-state index contributed by atoms with van der Waals surface area (Å²) in [6.07, 6.45) is 3.83. The van der Waals surface area contributed by atoms with Gasteiger partial charge in [-0.2, -0.15) is 5.21 Å². The lowest BCUT2D eigenvalue weighted by Crippen LogP contribution is -2.40. The first kappa shape index (κ1) is 25.3. The second-order valence-corrected chi connectivity index (χ2v) is 9.30. The lowest BCUT2D eigenvalue weighted by molar-refractivity contribution is 0.603. The van der Waals surface area contributed by atoms with Crippen molar-refractivity contribution in [2.24, 2.45) is 0 Å². The van der Waals surface area contributed by atoms with E-state index >= 15 is 0 Å². The van der Waals surface area contributed by atoms with E-state index in [9.17, 15) is 9.59 Å². The van der Waals surface area contributed by atoms with Crippen molar-refractivity contribution in [2.75, 3.05) is 0 Å². The number of hydrogen-bond donors (Lipinski definition) is 1. The number of rotatable bonds is 10. The number of nitrogens with zero attached hydrogens (tertiary/aromatic N) is 7. The topological polar surface area (TPSA) is 116 Å². The number of H-pyrrole nitrogens is 1. The molecule has 5 aromatic rings. The first-order valence-electron chi connectivity index (χ1n) is 13.2. The van der Waals surface area contributed by atoms with E-state index in [2.05, 4.69) is 39.7 Å². The number of nitrogens with one attached hydrogen (secondary N) is 1. The number of tetrazole rings is 1. The number of aromatic amines is 1. The maximum absolute atomic E-state index is 13.6. The third kappa shape index (κ3) is 4.57. The molecule has 0 saturated heterocycles. The molecule has 0 radical (unpaired) electrons. The van der Waals surface area contributed by atoms with Crippen LogP contribution in [0.2, 0.25) is 0 Å². The minimum atomic E-state index is -0.316. The Kier molecular flexibility index (Phi) is 7.30. The second-order valence-electron chi connectivity index (χ2n) is 9.30. The van der Waals surface area contributed by atoms with Gasteiger partial charge in [-0.05, 0) is 48.2 Å². The lowest BCUT2D eigenvalue weighted by atomic mass is 9.97. The Morgan fingerprint density at radius 1 is 0.868 bits per heavy atom. The van der Waals surface area contributed by atoms with E-state index in [-0.39, 0.29) is 11.2 Å². The van der Waals surface area contributed by atoms with Crippen molar-refractivity contribution in [3.8, 4) is 22.5 Å². The SMILES string of the molecule is CCCCCc1nc2c(c(=O)n(CC)c(=O)n2CC)n1Cc1ccc(-c2ccccc2)c(-c2nn[nH]n2)c1. The normalized spacial score (nSPS) is 11.4. The van der Waals surface area contributed by atoms with Gasteiger partial charge in [-0.3, -0.25) is 13.9 Å². The molecule has 38 heavy (non-hydrogen) atoms. The van der Waals surface area contributed by atoms with Gasteiger partial charge in [0.2, 0.25) is 5.82 Å². The van der Waals surface area contributed by atoms with Crippen LogP contribution in [-0.4, -0.2) is 39.3 Å². The molecule has 0 aliphatic carbocycles. The zero-order valence-corrected chi connectivity index (χ0v) is 22.0. The molecule has 0 aliphatic rings. The molecule has 0 spiro atoms. The molecule has 0 aliphatic heterocycles. The summed E-state index contributed by atoms with van der Waals surface area (Å²) in [5.74, 6) is 1.31. The Morgan fingerprint density at radius 3 is 2.34 bits per heavy atom. The zero-order valence-electron chi connectivity index (χ0n) is 22.0. The van der Waals surface area contributed by atoms with E-state index < -0.39 is 0 Å². The Balaban J connectivity index is 1.68. The van der Waals surface area contributed by atoms with Crippen molar-refractivity contribution in [1.29, 1.82) is 0 Å². The van der Waals surface area contributed by atoms with Gasteiger partial charge in [0, 0.05) is 31.6 Å². The third-order valence-corrected chi connectivity index (χ3v) is 6.93. The van der Waals surface area contributed by atoms with Crippen molar-refractivity contribution in [3.63, 3.8) is 0 Å². The molecule has 0 saturated carbocycles. The molecule has 0 unspecified atom stereocenters. The molecular weight excluding hydrogens is 480 g/mol. The highest BCUT2D eigenvalue weighted by molar-refractivity contribution is 5.81. The van der Waals surface area contributed by atoms with Crippen LogP contribution in [-0.2, 0) is 26.1 Å². The van der Waals surface area contributed by atoms with Crippen molar-refractivity contribution < 1.29 is 0 Å². The van der Waals surface area contributed by atoms with E-state index in [0.717, 1.165) is 53.8 Å². The number of aryl methyl sites for hydroxylation is 2. The first-order chi connectivity index (χ1) is 18.6. The molecule has 1 N–H and O–H groups in total. The molecule has 0 amide bonds. The number of fused-ring (bicyclic) bond motifs is 1. The number of aromatic nitrogens is 8. The van der Waals surface area contributed by atoms with Crippen LogP contribution < -0.4 is 11.2 Å². The summed E-state index contributed by atoms with van der Waals surface area (Å²) in [5, 5.41) is 14.8. The molecule has 5 rings (SSSR count). The zero-order chi connectivity index (χ0) is 26.6. The van der Waals surface area contributed by atoms with Gasteiger partial charge in [0.05, 0.1) is 0 Å². The summed E-state index contributed by atoms with van der Waals surface area (Å²) in [7, 11) is 0. The summed E-state index contributed by atoms with van der Waals surface area (Å²) in [6.45, 7) is 7.05. The number of imidazole rings is 1. The Morgan fingerprint density at radius 2 is 1.66 bits per heavy atom. The largest absolute Gasteiger partial charge is 0.332 e. The van der Waals surface area contributed by atoms with Gasteiger partial charge in [-0.15, -0.1) is 10.2 Å². The predicted octanol–water partition coefficient (Wildman–Crippen LogP) is 4.03. The summed E-state index contributed by atoms with van der Waals surface area (Å²) in [4.78, 5) is 31.4. The van der Waals surface area contributed by atoms with Crippen LogP contribution >= 0.6 is 0 Å². The molecule has 2 aromatic carbocycles. The molecule has 196 valence electrons. The van der Waals surface area contributed by atoms with Gasteiger partial charge in [-0.25, -0.2) is 9.78 Å². The van der Waals surface area contributed by atoms with Crippen LogP contribution in [0.25, 0.3) is 33.7 Å². The fraction of sp³-hybridized carbons (Fsp3) is 0.357. The van der Waals surface area contributed by atoms with E-state index in [4.69, 9.17) is 4.98 Å². The van der Waals surface area contributed by atoms with E-state index in [1.54, 1.807) is 4.57 Å². The van der Waals surface area contributed by atoms with Crippen LogP contribution in [0, 0.1) is 0 Å². The summed E-state index contributed by atoms with van der Waals surface area (Å²) < 4.78 is 4.88.